The van der Waals surface area contributed by atoms with Crippen molar-refractivity contribution in [2.75, 3.05) is 45.9 Å². The topological polar surface area (TPSA) is 132 Å². The van der Waals surface area contributed by atoms with Crippen molar-refractivity contribution in [2.45, 2.75) is 68.9 Å². The Hall–Kier alpha value is -5.90. The van der Waals surface area contributed by atoms with Gasteiger partial charge in [-0.25, -0.2) is 9.59 Å². The second kappa shape index (κ2) is 21.4. The number of halogens is 2. The molecule has 2 saturated heterocycles. The Morgan fingerprint density at radius 3 is 1.95 bits per heavy atom. The Kier molecular flexibility index (Phi) is 15.5. The number of imidazole rings is 2. The molecule has 0 aliphatic carbocycles. The zero-order chi connectivity index (χ0) is 44.5. The standard InChI is InChI=1S/C30H32N2O2.C22H24ClN5O2.ClH/c1-2-34-28(33)29(25-12-6-3-7-13-25)18-21-32(22-19-29)23-20-30(24-31,26-14-8-4-9-15-26)27-16-10-5-11-17-27;23-15-6-7-20-18(14-15)25-22(30)28(20)16-8-12-26(13-9-16)10-3-11-27-19-5-2-1-4-17(19)24-21(27)29;/h3-17H,2,18-23H2,1H3;1-2,4-7,14,16H,3,8-13H2,(H,24,29)(H,25,30);1H. The Morgan fingerprint density at radius 1 is 0.738 bits per heavy atom. The van der Waals surface area contributed by atoms with Crippen molar-refractivity contribution in [1.29, 1.82) is 5.26 Å². The lowest BCUT2D eigenvalue weighted by molar-refractivity contribution is -0.152. The molecule has 11 nitrogen and oxygen atoms in total. The molecule has 5 aromatic carbocycles. The van der Waals surface area contributed by atoms with E-state index in [9.17, 15) is 19.6 Å². The summed E-state index contributed by atoms with van der Waals surface area (Å²) >= 11 is 6.05. The molecule has 0 saturated carbocycles. The van der Waals surface area contributed by atoms with Crippen molar-refractivity contribution in [3.8, 4) is 6.07 Å². The monoisotopic (exact) mass is 913 g/mol. The van der Waals surface area contributed by atoms with Crippen LogP contribution < -0.4 is 11.4 Å². The summed E-state index contributed by atoms with van der Waals surface area (Å²) in [7, 11) is 0. The molecular weight excluding hydrogens is 858 g/mol. The van der Waals surface area contributed by atoms with Gasteiger partial charge in [0.05, 0.1) is 40.2 Å². The number of aromatic amines is 2. The van der Waals surface area contributed by atoms with Crippen molar-refractivity contribution in [3.63, 3.8) is 0 Å². The number of piperidine rings is 2. The number of H-pyrrole nitrogens is 2. The van der Waals surface area contributed by atoms with Gasteiger partial charge >= 0.3 is 17.3 Å². The Labute approximate surface area is 391 Å². The van der Waals surface area contributed by atoms with Crippen LogP contribution in [0, 0.1) is 11.3 Å². The van der Waals surface area contributed by atoms with E-state index in [1.165, 1.54) is 0 Å². The number of hydrogen-bond acceptors (Lipinski definition) is 7. The fraction of sp³-hybridized carbons (Fsp3) is 0.346. The van der Waals surface area contributed by atoms with Crippen LogP contribution in [0.5, 0.6) is 0 Å². The van der Waals surface area contributed by atoms with E-state index in [2.05, 4.69) is 25.8 Å². The number of carbonyl (C=O) groups excluding carboxylic acids is 1. The molecule has 0 spiro atoms. The van der Waals surface area contributed by atoms with Gasteiger partial charge in [0, 0.05) is 37.2 Å². The highest BCUT2D eigenvalue weighted by Gasteiger charge is 2.45. The molecule has 65 heavy (non-hydrogen) atoms. The number of ether oxygens (including phenoxy) is 1. The lowest BCUT2D eigenvalue weighted by Crippen LogP contribution is -2.49. The van der Waals surface area contributed by atoms with E-state index in [1.54, 1.807) is 6.07 Å². The van der Waals surface area contributed by atoms with Crippen molar-refractivity contribution < 1.29 is 9.53 Å². The molecule has 2 aliphatic heterocycles. The molecule has 2 aromatic heterocycles. The number of nitriles is 1. The van der Waals surface area contributed by atoms with Gasteiger partial charge in [0.15, 0.2) is 0 Å². The number of nitrogens with one attached hydrogen (secondary N) is 2. The molecule has 338 valence electrons. The summed E-state index contributed by atoms with van der Waals surface area (Å²) in [5.74, 6) is -0.124. The maximum atomic E-state index is 13.1. The highest BCUT2D eigenvalue weighted by molar-refractivity contribution is 6.31. The van der Waals surface area contributed by atoms with Crippen LogP contribution in [0.15, 0.2) is 143 Å². The van der Waals surface area contributed by atoms with Crippen molar-refractivity contribution in [2.24, 2.45) is 0 Å². The number of nitrogens with zero attached hydrogens (tertiary/aromatic N) is 5. The van der Waals surface area contributed by atoms with Gasteiger partial charge in [0.1, 0.15) is 5.41 Å². The fourth-order valence-electron chi connectivity index (χ4n) is 9.86. The van der Waals surface area contributed by atoms with Crippen molar-refractivity contribution >= 4 is 52.0 Å². The Morgan fingerprint density at radius 2 is 1.32 bits per heavy atom. The van der Waals surface area contributed by atoms with Gasteiger partial charge in [-0.3, -0.25) is 13.9 Å². The van der Waals surface area contributed by atoms with Crippen LogP contribution in [0.2, 0.25) is 5.02 Å². The predicted molar refractivity (Wildman–Crippen MR) is 261 cm³/mol. The summed E-state index contributed by atoms with van der Waals surface area (Å²) in [6.07, 6.45) is 4.90. The third-order valence-electron chi connectivity index (χ3n) is 13.4. The van der Waals surface area contributed by atoms with E-state index < -0.39 is 10.8 Å². The number of aryl methyl sites for hydroxylation is 1. The molecule has 0 amide bonds. The zero-order valence-electron chi connectivity index (χ0n) is 36.8. The quantitative estimate of drug-likeness (QED) is 0.110. The minimum absolute atomic E-state index is 0. The molecule has 2 aliphatic rings. The molecule has 7 aromatic rings. The molecule has 0 radical (unpaired) electrons. The first kappa shape index (κ1) is 47.1. The summed E-state index contributed by atoms with van der Waals surface area (Å²) in [4.78, 5) is 48.4. The second-order valence-corrected chi connectivity index (χ2v) is 17.4. The first-order valence-corrected chi connectivity index (χ1v) is 22.9. The van der Waals surface area contributed by atoms with Gasteiger partial charge in [-0.05, 0) is 112 Å². The van der Waals surface area contributed by atoms with Gasteiger partial charge < -0.3 is 24.5 Å². The SMILES string of the molecule is CCOC(=O)C1(c2ccccc2)CCN(CCC(C#N)(c2ccccc2)c2ccccc2)CC1.Cl.O=c1[nH]c2ccccc2n1CCCN1CCC(n2c(=O)[nH]c3cc(Cl)ccc32)CC1. The molecule has 9 rings (SSSR count). The van der Waals surface area contributed by atoms with Crippen LogP contribution in [0.25, 0.3) is 22.1 Å². The van der Waals surface area contributed by atoms with Crippen LogP contribution in [-0.2, 0) is 26.9 Å². The molecule has 13 heteroatoms. The number of para-hydroxylation sites is 2. The van der Waals surface area contributed by atoms with Crippen molar-refractivity contribution in [1.82, 2.24) is 28.9 Å². The Bertz CT molecular complexity index is 2760. The van der Waals surface area contributed by atoms with E-state index in [1.807, 2.05) is 143 Å². The molecular formula is C52H57Cl2N7O4. The summed E-state index contributed by atoms with van der Waals surface area (Å²) in [5.41, 5.74) is 5.20. The van der Waals surface area contributed by atoms with Crippen LogP contribution in [0.1, 0.15) is 68.2 Å². The van der Waals surface area contributed by atoms with Crippen molar-refractivity contribution in [3.05, 3.63) is 176 Å². The van der Waals surface area contributed by atoms with Gasteiger partial charge in [0.25, 0.3) is 0 Å². The number of rotatable bonds is 13. The molecule has 2 N–H and O–H groups in total. The lowest BCUT2D eigenvalue weighted by atomic mass is 9.71. The number of aromatic nitrogens is 4. The highest BCUT2D eigenvalue weighted by Crippen LogP contribution is 2.39. The van der Waals surface area contributed by atoms with E-state index in [0.717, 1.165) is 97.3 Å². The minimum atomic E-state index is -0.711. The molecule has 4 heterocycles. The van der Waals surface area contributed by atoms with E-state index in [-0.39, 0.29) is 35.8 Å². The molecule has 0 bridgehead atoms. The zero-order valence-corrected chi connectivity index (χ0v) is 38.4. The van der Waals surface area contributed by atoms with Gasteiger partial charge in [-0.1, -0.05) is 115 Å². The summed E-state index contributed by atoms with van der Waals surface area (Å²) in [5, 5.41) is 11.1. The largest absolute Gasteiger partial charge is 0.465 e. The number of hydrogen-bond donors (Lipinski definition) is 2. The Balaban J connectivity index is 0.000000192. The fourth-order valence-corrected chi connectivity index (χ4v) is 10.0. The smallest absolute Gasteiger partial charge is 0.326 e. The second-order valence-electron chi connectivity index (χ2n) is 17.0. The van der Waals surface area contributed by atoms with E-state index in [4.69, 9.17) is 16.3 Å². The average Bonchev–Trinajstić information content (AvgIpc) is 3.84. The summed E-state index contributed by atoms with van der Waals surface area (Å²) < 4.78 is 9.22. The number of fused-ring (bicyclic) bond motifs is 2. The highest BCUT2D eigenvalue weighted by atomic mass is 35.5. The van der Waals surface area contributed by atoms with Crippen LogP contribution in [0.3, 0.4) is 0 Å². The number of benzene rings is 5. The molecule has 0 unspecified atom stereocenters. The first-order chi connectivity index (χ1) is 31.2. The number of carbonyl (C=O) groups is 1. The molecule has 2 fully saturated rings. The van der Waals surface area contributed by atoms with Gasteiger partial charge in [-0.15, -0.1) is 12.4 Å². The third-order valence-corrected chi connectivity index (χ3v) is 13.6. The maximum Gasteiger partial charge on any atom is 0.326 e. The van der Waals surface area contributed by atoms with Crippen LogP contribution in [-0.4, -0.2) is 80.7 Å². The van der Waals surface area contributed by atoms with E-state index in [0.29, 0.717) is 37.4 Å². The molecule has 0 atom stereocenters. The first-order valence-electron chi connectivity index (χ1n) is 22.5. The van der Waals surface area contributed by atoms with Crippen LogP contribution in [0.4, 0.5) is 0 Å². The van der Waals surface area contributed by atoms with Gasteiger partial charge in [0.2, 0.25) is 0 Å². The number of likely N-dealkylation sites (tertiary alicyclic amines) is 2. The summed E-state index contributed by atoms with van der Waals surface area (Å²) in [6, 6.07) is 46.4. The third kappa shape index (κ3) is 10.2. The average molecular weight is 915 g/mol. The maximum absolute atomic E-state index is 13.1. The minimum Gasteiger partial charge on any atom is -0.465 e. The normalized spacial score (nSPS) is 15.7. The lowest BCUT2D eigenvalue weighted by Gasteiger charge is -2.41. The van der Waals surface area contributed by atoms with Gasteiger partial charge in [-0.2, -0.15) is 5.26 Å². The van der Waals surface area contributed by atoms with Crippen LogP contribution >= 0.6 is 24.0 Å². The number of esters is 1. The predicted octanol–water partition coefficient (Wildman–Crippen LogP) is 9.26. The van der Waals surface area contributed by atoms with E-state index >= 15 is 0 Å². The summed E-state index contributed by atoms with van der Waals surface area (Å²) in [6.45, 7) is 8.14.